The molecule has 11 heteroatoms. The number of hydrogen-bond acceptors (Lipinski definition) is 7. The van der Waals surface area contributed by atoms with E-state index >= 15 is 0 Å². The number of aliphatic hydroxyl groups is 1. The zero-order chi connectivity index (χ0) is 23.6. The third-order valence-electron chi connectivity index (χ3n) is 6.49. The highest BCUT2D eigenvalue weighted by Gasteiger charge is 2.55. The Bertz CT molecular complexity index is 1350. The number of fused-ring (bicyclic) bond motifs is 2. The van der Waals surface area contributed by atoms with Gasteiger partial charge in [-0.15, -0.1) is 0 Å². The molecular formula is C22H21ClFN5O4. The summed E-state index contributed by atoms with van der Waals surface area (Å²) in [6.45, 7) is 2.91. The first-order valence-electron chi connectivity index (χ1n) is 10.4. The molecule has 1 saturated heterocycles. The maximum absolute atomic E-state index is 14.5. The second-order valence-corrected chi connectivity index (χ2v) is 8.98. The van der Waals surface area contributed by atoms with E-state index in [9.17, 15) is 24.2 Å². The fourth-order valence-electron chi connectivity index (χ4n) is 4.65. The van der Waals surface area contributed by atoms with E-state index in [-0.39, 0.29) is 45.4 Å². The standard InChI is InChI=1S/C22H21ClFN5O4/c1-9(25-15-3-4-16(23)26-18(15)21(32)33)11-5-10(24)6-12-17(11)27-22(28(2)20(12)31)29-7-13-14(8-29)19(13)30/h3-6,9,13-14,19,25,30H,7-8H2,1-2H3,(H,32,33)/t9-,13+,14+/m1/s1. The average molecular weight is 474 g/mol. The second kappa shape index (κ2) is 7.67. The second-order valence-electron chi connectivity index (χ2n) is 8.59. The summed E-state index contributed by atoms with van der Waals surface area (Å²) in [5.74, 6) is -1.06. The minimum atomic E-state index is -1.26. The van der Waals surface area contributed by atoms with Crippen molar-refractivity contribution in [2.24, 2.45) is 18.9 Å². The van der Waals surface area contributed by atoms with Crippen molar-refractivity contribution in [1.82, 2.24) is 14.5 Å². The number of aromatic carboxylic acids is 1. The molecule has 0 amide bonds. The van der Waals surface area contributed by atoms with Crippen LogP contribution in [-0.2, 0) is 7.05 Å². The zero-order valence-corrected chi connectivity index (χ0v) is 18.5. The van der Waals surface area contributed by atoms with Crippen LogP contribution < -0.4 is 15.8 Å². The Morgan fingerprint density at radius 1 is 1.27 bits per heavy atom. The monoisotopic (exact) mass is 473 g/mol. The van der Waals surface area contributed by atoms with Crippen LogP contribution in [0.15, 0.2) is 29.1 Å². The van der Waals surface area contributed by atoms with E-state index in [0.717, 1.165) is 6.07 Å². The van der Waals surface area contributed by atoms with Crippen molar-refractivity contribution in [3.05, 3.63) is 56.8 Å². The average Bonchev–Trinajstić information content (AvgIpc) is 3.17. The number of pyridine rings is 1. The Kier molecular flexibility index (Phi) is 5.02. The van der Waals surface area contributed by atoms with Gasteiger partial charge in [-0.3, -0.25) is 9.36 Å². The molecule has 2 aromatic heterocycles. The molecule has 0 spiro atoms. The summed E-state index contributed by atoms with van der Waals surface area (Å²) in [5.41, 5.74) is 0.279. The first-order valence-corrected chi connectivity index (χ1v) is 10.8. The summed E-state index contributed by atoms with van der Waals surface area (Å²) in [7, 11) is 1.59. The first kappa shape index (κ1) is 21.6. The van der Waals surface area contributed by atoms with E-state index in [1.54, 1.807) is 14.0 Å². The number of benzene rings is 1. The molecule has 172 valence electrons. The molecule has 3 heterocycles. The molecule has 3 atom stereocenters. The van der Waals surface area contributed by atoms with E-state index in [4.69, 9.17) is 16.6 Å². The number of anilines is 2. The normalized spacial score (nSPS) is 22.3. The van der Waals surface area contributed by atoms with Gasteiger partial charge in [0, 0.05) is 37.5 Å². The molecule has 2 fully saturated rings. The van der Waals surface area contributed by atoms with Crippen LogP contribution in [-0.4, -0.2) is 49.9 Å². The molecule has 33 heavy (non-hydrogen) atoms. The van der Waals surface area contributed by atoms with E-state index in [1.807, 2.05) is 4.90 Å². The summed E-state index contributed by atoms with van der Waals surface area (Å²) in [5, 5.41) is 22.5. The Labute approximate surface area is 192 Å². The molecule has 3 aromatic rings. The minimum Gasteiger partial charge on any atom is -0.476 e. The number of halogens is 2. The highest BCUT2D eigenvalue weighted by Crippen LogP contribution is 2.46. The van der Waals surface area contributed by atoms with Crippen LogP contribution >= 0.6 is 11.6 Å². The fraction of sp³-hybridized carbons (Fsp3) is 0.364. The Morgan fingerprint density at radius 2 is 1.97 bits per heavy atom. The van der Waals surface area contributed by atoms with Gasteiger partial charge in [0.1, 0.15) is 11.0 Å². The lowest BCUT2D eigenvalue weighted by Crippen LogP contribution is -2.33. The van der Waals surface area contributed by atoms with Gasteiger partial charge in [-0.1, -0.05) is 11.6 Å². The van der Waals surface area contributed by atoms with Crippen molar-refractivity contribution < 1.29 is 19.4 Å². The zero-order valence-electron chi connectivity index (χ0n) is 17.8. The summed E-state index contributed by atoms with van der Waals surface area (Å²) in [6, 6.07) is 4.77. The lowest BCUT2D eigenvalue weighted by molar-refractivity contribution is 0.0691. The molecule has 0 bridgehead atoms. The predicted molar refractivity (Wildman–Crippen MR) is 120 cm³/mol. The van der Waals surface area contributed by atoms with Crippen LogP contribution in [0.4, 0.5) is 16.0 Å². The number of carboxylic acid groups (broad SMARTS) is 1. The van der Waals surface area contributed by atoms with Gasteiger partial charge in [0.25, 0.3) is 5.56 Å². The van der Waals surface area contributed by atoms with Crippen LogP contribution in [0, 0.1) is 17.7 Å². The minimum absolute atomic E-state index is 0.0328. The molecule has 1 aromatic carbocycles. The summed E-state index contributed by atoms with van der Waals surface area (Å²) < 4.78 is 15.9. The van der Waals surface area contributed by atoms with Gasteiger partial charge < -0.3 is 20.4 Å². The van der Waals surface area contributed by atoms with Crippen molar-refractivity contribution in [2.45, 2.75) is 19.1 Å². The number of aromatic nitrogens is 3. The van der Waals surface area contributed by atoms with Crippen LogP contribution in [0.25, 0.3) is 10.9 Å². The third-order valence-corrected chi connectivity index (χ3v) is 6.70. The molecule has 1 saturated carbocycles. The number of nitrogens with zero attached hydrogens (tertiary/aromatic N) is 4. The smallest absolute Gasteiger partial charge is 0.356 e. The largest absolute Gasteiger partial charge is 0.476 e. The Hall–Kier alpha value is -3.24. The number of rotatable bonds is 5. The van der Waals surface area contributed by atoms with Gasteiger partial charge in [-0.05, 0) is 31.2 Å². The highest BCUT2D eigenvalue weighted by atomic mass is 35.5. The predicted octanol–water partition coefficient (Wildman–Crippen LogP) is 2.42. The van der Waals surface area contributed by atoms with Gasteiger partial charge in [0.2, 0.25) is 5.95 Å². The molecule has 3 N–H and O–H groups in total. The maximum Gasteiger partial charge on any atom is 0.356 e. The van der Waals surface area contributed by atoms with Crippen molar-refractivity contribution in [1.29, 1.82) is 0 Å². The number of aliphatic hydroxyl groups excluding tert-OH is 1. The van der Waals surface area contributed by atoms with E-state index in [0.29, 0.717) is 30.1 Å². The van der Waals surface area contributed by atoms with Gasteiger partial charge in [0.15, 0.2) is 5.69 Å². The molecule has 1 aliphatic carbocycles. The molecule has 2 aliphatic rings. The van der Waals surface area contributed by atoms with E-state index in [1.165, 1.54) is 22.8 Å². The third kappa shape index (κ3) is 3.59. The quantitative estimate of drug-likeness (QED) is 0.483. The Morgan fingerprint density at radius 3 is 2.64 bits per heavy atom. The number of hydrogen-bond donors (Lipinski definition) is 3. The number of nitrogens with one attached hydrogen (secondary N) is 1. The lowest BCUT2D eigenvalue weighted by atomic mass is 10.0. The topological polar surface area (TPSA) is 121 Å². The van der Waals surface area contributed by atoms with E-state index in [2.05, 4.69) is 10.3 Å². The molecule has 5 rings (SSSR count). The number of carbonyl (C=O) groups is 1. The van der Waals surface area contributed by atoms with Gasteiger partial charge in [-0.2, -0.15) is 0 Å². The van der Waals surface area contributed by atoms with Crippen LogP contribution in [0.3, 0.4) is 0 Å². The van der Waals surface area contributed by atoms with Crippen LogP contribution in [0.2, 0.25) is 5.15 Å². The molecule has 0 unspecified atom stereocenters. The summed E-state index contributed by atoms with van der Waals surface area (Å²) in [4.78, 5) is 35.2. The highest BCUT2D eigenvalue weighted by molar-refractivity contribution is 6.29. The number of carboxylic acids is 1. The van der Waals surface area contributed by atoms with Crippen molar-refractivity contribution >= 4 is 40.1 Å². The van der Waals surface area contributed by atoms with Gasteiger partial charge in [-0.25, -0.2) is 19.2 Å². The molecule has 1 aliphatic heterocycles. The number of piperidine rings is 1. The van der Waals surface area contributed by atoms with E-state index < -0.39 is 17.8 Å². The van der Waals surface area contributed by atoms with Gasteiger partial charge in [0.05, 0.1) is 28.7 Å². The maximum atomic E-state index is 14.5. The molecular weight excluding hydrogens is 453 g/mol. The van der Waals surface area contributed by atoms with Crippen molar-refractivity contribution in [3.8, 4) is 0 Å². The molecule has 9 nitrogen and oxygen atoms in total. The Balaban J connectivity index is 1.58. The summed E-state index contributed by atoms with van der Waals surface area (Å²) >= 11 is 5.83. The first-order chi connectivity index (χ1) is 15.7. The fourth-order valence-corrected chi connectivity index (χ4v) is 4.80. The van der Waals surface area contributed by atoms with Crippen LogP contribution in [0.1, 0.15) is 29.0 Å². The lowest BCUT2D eigenvalue weighted by Gasteiger charge is -2.24. The SMILES string of the molecule is C[C@@H](Nc1ccc(Cl)nc1C(=O)O)c1cc(F)cc2c(=O)n(C)c(N3C[C@@H]4C(O)[C@H]4C3)nc12. The van der Waals surface area contributed by atoms with Crippen molar-refractivity contribution in [2.75, 3.05) is 23.3 Å². The van der Waals surface area contributed by atoms with Crippen LogP contribution in [0.5, 0.6) is 0 Å². The summed E-state index contributed by atoms with van der Waals surface area (Å²) in [6.07, 6.45) is -0.302. The van der Waals surface area contributed by atoms with Gasteiger partial charge >= 0.3 is 5.97 Å². The molecule has 0 radical (unpaired) electrons. The van der Waals surface area contributed by atoms with Crippen molar-refractivity contribution in [3.63, 3.8) is 0 Å².